The van der Waals surface area contributed by atoms with E-state index in [1.165, 1.54) is 7.11 Å². The summed E-state index contributed by atoms with van der Waals surface area (Å²) in [6.45, 7) is 4.89. The highest BCUT2D eigenvalue weighted by Crippen LogP contribution is 2.42. The second-order valence-electron chi connectivity index (χ2n) is 9.80. The molecule has 2 aliphatic heterocycles. The SMILES string of the molecule is COc1ccccc1-c1cc(C(F)(F)F)c(NC2CC3CN(CC4CCOCC4)CC3C2)nn1. The van der Waals surface area contributed by atoms with E-state index in [-0.39, 0.29) is 17.6 Å². The topological polar surface area (TPSA) is 59.5 Å². The lowest BCUT2D eigenvalue weighted by atomic mass is 10.00. The summed E-state index contributed by atoms with van der Waals surface area (Å²) in [5.41, 5.74) is -0.168. The number of rotatable bonds is 6. The normalized spacial score (nSPS) is 25.9. The van der Waals surface area contributed by atoms with E-state index in [0.717, 1.165) is 64.6 Å². The maximum Gasteiger partial charge on any atom is 0.420 e. The molecular formula is C25H31F3N4O2. The smallest absolute Gasteiger partial charge is 0.420 e. The lowest BCUT2D eigenvalue weighted by Gasteiger charge is -2.28. The zero-order valence-electron chi connectivity index (χ0n) is 19.4. The third-order valence-corrected chi connectivity index (χ3v) is 7.51. The molecule has 2 aromatic rings. The summed E-state index contributed by atoms with van der Waals surface area (Å²) in [6, 6.07) is 7.92. The molecule has 2 saturated heterocycles. The van der Waals surface area contributed by atoms with Gasteiger partial charge < -0.3 is 19.7 Å². The predicted octanol–water partition coefficient (Wildman–Crippen LogP) is 4.72. The fourth-order valence-electron chi connectivity index (χ4n) is 5.85. The Morgan fingerprint density at radius 2 is 1.79 bits per heavy atom. The van der Waals surface area contributed by atoms with Gasteiger partial charge in [0.05, 0.1) is 12.8 Å². The molecule has 2 atom stereocenters. The minimum atomic E-state index is -4.54. The lowest BCUT2D eigenvalue weighted by Crippen LogP contribution is -2.32. The summed E-state index contributed by atoms with van der Waals surface area (Å²) in [6.07, 6.45) is -0.562. The van der Waals surface area contributed by atoms with Crippen molar-refractivity contribution in [3.63, 3.8) is 0 Å². The van der Waals surface area contributed by atoms with Crippen molar-refractivity contribution in [3.8, 4) is 17.0 Å². The van der Waals surface area contributed by atoms with E-state index in [4.69, 9.17) is 9.47 Å². The predicted molar refractivity (Wildman–Crippen MR) is 123 cm³/mol. The summed E-state index contributed by atoms with van der Waals surface area (Å²) in [5.74, 6) is 2.02. The van der Waals surface area contributed by atoms with Crippen molar-refractivity contribution < 1.29 is 22.6 Å². The van der Waals surface area contributed by atoms with Gasteiger partial charge in [-0.1, -0.05) is 12.1 Å². The molecule has 5 rings (SSSR count). The van der Waals surface area contributed by atoms with Gasteiger partial charge in [0.2, 0.25) is 0 Å². The van der Waals surface area contributed by atoms with E-state index in [9.17, 15) is 13.2 Å². The Bertz CT molecular complexity index is 982. The molecule has 0 radical (unpaired) electrons. The molecular weight excluding hydrogens is 445 g/mol. The van der Waals surface area contributed by atoms with Gasteiger partial charge >= 0.3 is 6.18 Å². The van der Waals surface area contributed by atoms with E-state index in [2.05, 4.69) is 20.4 Å². The second-order valence-corrected chi connectivity index (χ2v) is 9.80. The third kappa shape index (κ3) is 5.00. The fourth-order valence-corrected chi connectivity index (χ4v) is 5.85. The molecule has 1 aliphatic carbocycles. The van der Waals surface area contributed by atoms with Crippen LogP contribution in [0.2, 0.25) is 0 Å². The van der Waals surface area contributed by atoms with Crippen LogP contribution in [-0.2, 0) is 10.9 Å². The van der Waals surface area contributed by atoms with Crippen LogP contribution in [0.3, 0.4) is 0 Å². The lowest BCUT2D eigenvalue weighted by molar-refractivity contribution is -0.137. The number of aromatic nitrogens is 2. The van der Waals surface area contributed by atoms with Gasteiger partial charge in [0.25, 0.3) is 0 Å². The number of likely N-dealkylation sites (tertiary alicyclic amines) is 1. The highest BCUT2D eigenvalue weighted by molar-refractivity contribution is 5.68. The van der Waals surface area contributed by atoms with Crippen LogP contribution in [0.25, 0.3) is 11.3 Å². The summed E-state index contributed by atoms with van der Waals surface area (Å²) in [7, 11) is 1.48. The van der Waals surface area contributed by atoms with Crippen LogP contribution in [0.5, 0.6) is 5.75 Å². The first-order valence-electron chi connectivity index (χ1n) is 12.1. The Labute approximate surface area is 197 Å². The van der Waals surface area contributed by atoms with Crippen molar-refractivity contribution in [3.05, 3.63) is 35.9 Å². The van der Waals surface area contributed by atoms with Gasteiger partial charge in [0, 0.05) is 44.5 Å². The molecule has 1 aromatic carbocycles. The Hall–Kier alpha value is -2.39. The number of benzene rings is 1. The van der Waals surface area contributed by atoms with Crippen molar-refractivity contribution in [1.82, 2.24) is 15.1 Å². The van der Waals surface area contributed by atoms with Gasteiger partial charge in [-0.2, -0.15) is 13.2 Å². The van der Waals surface area contributed by atoms with E-state index in [1.54, 1.807) is 24.3 Å². The number of nitrogens with one attached hydrogen (secondary N) is 1. The van der Waals surface area contributed by atoms with Crippen LogP contribution in [0.1, 0.15) is 31.2 Å². The van der Waals surface area contributed by atoms with Gasteiger partial charge in [0.15, 0.2) is 5.82 Å². The first-order chi connectivity index (χ1) is 16.4. The monoisotopic (exact) mass is 476 g/mol. The number of ether oxygens (including phenoxy) is 2. The highest BCUT2D eigenvalue weighted by atomic mass is 19.4. The van der Waals surface area contributed by atoms with Gasteiger partial charge in [-0.3, -0.25) is 0 Å². The molecule has 1 N–H and O–H groups in total. The van der Waals surface area contributed by atoms with Crippen LogP contribution < -0.4 is 10.1 Å². The maximum absolute atomic E-state index is 14.0. The number of nitrogens with zero attached hydrogens (tertiary/aromatic N) is 3. The molecule has 1 aromatic heterocycles. The Kier molecular flexibility index (Phi) is 6.66. The first kappa shape index (κ1) is 23.4. The molecule has 2 unspecified atom stereocenters. The number of hydrogen-bond donors (Lipinski definition) is 1. The molecule has 34 heavy (non-hydrogen) atoms. The Morgan fingerprint density at radius 3 is 2.47 bits per heavy atom. The molecule has 0 bridgehead atoms. The van der Waals surface area contributed by atoms with Crippen molar-refractivity contribution in [2.45, 2.75) is 37.9 Å². The van der Waals surface area contributed by atoms with E-state index in [1.807, 2.05) is 0 Å². The van der Waals surface area contributed by atoms with Gasteiger partial charge in [-0.25, -0.2) is 0 Å². The van der Waals surface area contributed by atoms with Crippen LogP contribution in [0.15, 0.2) is 30.3 Å². The summed E-state index contributed by atoms with van der Waals surface area (Å²) < 4.78 is 52.6. The number of alkyl halides is 3. The summed E-state index contributed by atoms with van der Waals surface area (Å²) in [5, 5.41) is 11.2. The number of anilines is 1. The van der Waals surface area contributed by atoms with Crippen molar-refractivity contribution in [2.75, 3.05) is 45.3 Å². The van der Waals surface area contributed by atoms with Crippen molar-refractivity contribution >= 4 is 5.82 Å². The average molecular weight is 477 g/mol. The van der Waals surface area contributed by atoms with E-state index in [0.29, 0.717) is 29.1 Å². The van der Waals surface area contributed by atoms with Gasteiger partial charge in [-0.05, 0) is 61.6 Å². The van der Waals surface area contributed by atoms with E-state index < -0.39 is 11.7 Å². The fraction of sp³-hybridized carbons (Fsp3) is 0.600. The third-order valence-electron chi connectivity index (χ3n) is 7.51. The number of methoxy groups -OCH3 is 1. The minimum absolute atomic E-state index is 0.0206. The van der Waals surface area contributed by atoms with Crippen molar-refractivity contribution in [2.24, 2.45) is 17.8 Å². The molecule has 3 aliphatic rings. The zero-order valence-corrected chi connectivity index (χ0v) is 19.4. The molecule has 0 spiro atoms. The van der Waals surface area contributed by atoms with Crippen LogP contribution in [0, 0.1) is 17.8 Å². The zero-order chi connectivity index (χ0) is 23.7. The van der Waals surface area contributed by atoms with Crippen molar-refractivity contribution in [1.29, 1.82) is 0 Å². The minimum Gasteiger partial charge on any atom is -0.496 e. The molecule has 6 nitrogen and oxygen atoms in total. The molecule has 0 amide bonds. The molecule has 3 heterocycles. The van der Waals surface area contributed by atoms with Crippen LogP contribution >= 0.6 is 0 Å². The second kappa shape index (κ2) is 9.70. The Balaban J connectivity index is 1.26. The number of hydrogen-bond acceptors (Lipinski definition) is 6. The quantitative estimate of drug-likeness (QED) is 0.651. The average Bonchev–Trinajstić information content (AvgIpc) is 3.37. The number of fused-ring (bicyclic) bond motifs is 1. The summed E-state index contributed by atoms with van der Waals surface area (Å²) in [4.78, 5) is 2.55. The maximum atomic E-state index is 14.0. The highest BCUT2D eigenvalue weighted by Gasteiger charge is 2.43. The Morgan fingerprint density at radius 1 is 1.09 bits per heavy atom. The van der Waals surface area contributed by atoms with Gasteiger partial charge in [-0.15, -0.1) is 10.2 Å². The molecule has 1 saturated carbocycles. The van der Waals surface area contributed by atoms with Crippen LogP contribution in [0.4, 0.5) is 19.0 Å². The molecule has 9 heteroatoms. The number of halogens is 3. The summed E-state index contributed by atoms with van der Waals surface area (Å²) >= 11 is 0. The standard InChI is InChI=1S/C25H31F3N4O2/c1-33-23-5-3-2-4-20(23)22-12-21(25(26,27)28)24(31-30-22)29-19-10-17-14-32(15-18(17)11-19)13-16-6-8-34-9-7-16/h2-5,12,16-19H,6-11,13-15H2,1H3,(H,29,31). The van der Waals surface area contributed by atoms with Crippen LogP contribution in [-0.4, -0.2) is 61.1 Å². The molecule has 184 valence electrons. The van der Waals surface area contributed by atoms with Gasteiger partial charge in [0.1, 0.15) is 11.3 Å². The molecule has 3 fully saturated rings. The van der Waals surface area contributed by atoms with E-state index >= 15 is 0 Å². The largest absolute Gasteiger partial charge is 0.496 e. The first-order valence-corrected chi connectivity index (χ1v) is 12.1. The number of para-hydroxylation sites is 1.